The maximum Gasteiger partial charge on any atom is 0.294 e. The Kier molecular flexibility index (Phi) is 7.39. The summed E-state index contributed by atoms with van der Waals surface area (Å²) in [5, 5.41) is 0. The van der Waals surface area contributed by atoms with Crippen LogP contribution in [-0.2, 0) is 9.59 Å². The molecule has 1 fully saturated rings. The number of hydrogen-bond acceptors (Lipinski definition) is 8. The molecule has 0 bridgehead atoms. The van der Waals surface area contributed by atoms with Gasteiger partial charge in [-0.1, -0.05) is 42.5 Å². The van der Waals surface area contributed by atoms with E-state index in [1.807, 2.05) is 30.3 Å². The Morgan fingerprint density at radius 3 is 2.33 bits per heavy atom. The third-order valence-electron chi connectivity index (χ3n) is 6.12. The average molecular weight is 486 g/mol. The Labute approximate surface area is 209 Å². The molecular weight excluding hydrogens is 458 g/mol. The molecule has 1 aromatic carbocycles. The molecule has 3 aromatic rings. The number of nitrogens with zero attached hydrogens (tertiary/aromatic N) is 4. The van der Waals surface area contributed by atoms with Crippen molar-refractivity contribution in [3.8, 4) is 11.6 Å². The fraction of sp³-hybridized carbons (Fsp3) is 0.222. The number of nitrogen functional groups attached to an aromatic ring is 1. The highest BCUT2D eigenvalue weighted by atomic mass is 16.5. The number of amides is 1. The number of aromatic nitrogens is 3. The molecule has 2 aromatic heterocycles. The van der Waals surface area contributed by atoms with E-state index in [0.717, 1.165) is 22.4 Å². The number of Topliss-reactive ketones (excluding diaryl/α,β-unsaturated/α-hetero) is 1. The number of piperidine rings is 1. The summed E-state index contributed by atoms with van der Waals surface area (Å²) >= 11 is 0. The molecule has 9 heteroatoms. The van der Waals surface area contributed by atoms with E-state index in [0.29, 0.717) is 25.9 Å². The lowest BCUT2D eigenvalue weighted by molar-refractivity contribution is -0.142. The molecule has 9 nitrogen and oxygen atoms in total. The average Bonchev–Trinajstić information content (AvgIpc) is 2.93. The lowest BCUT2D eigenvalue weighted by Crippen LogP contribution is -2.41. The molecule has 1 saturated heterocycles. The lowest BCUT2D eigenvalue weighted by atomic mass is 9.91. The molecule has 1 aliphatic heterocycles. The first-order chi connectivity index (χ1) is 17.5. The second kappa shape index (κ2) is 10.8. The second-order valence-electron chi connectivity index (χ2n) is 8.16. The topological polar surface area (TPSA) is 121 Å². The van der Waals surface area contributed by atoms with Crippen LogP contribution in [0.5, 0.6) is 11.6 Å². The highest BCUT2D eigenvalue weighted by Gasteiger charge is 2.31. The van der Waals surface area contributed by atoms with Gasteiger partial charge in [-0.25, -0.2) is 4.98 Å². The third-order valence-corrected chi connectivity index (χ3v) is 6.12. The van der Waals surface area contributed by atoms with Crippen molar-refractivity contribution in [3.63, 3.8) is 0 Å². The first-order valence-corrected chi connectivity index (χ1v) is 11.4. The standard InChI is InChI=1S/C27H27N5O4/c1-17(22-21(35-2)16-31-26(36-3)24(22)28)25(33)27(34)32-13-9-19(10-14-32)23(18-7-5-4-6-8-18)20-15-29-11-12-30-20/h4-8,11-12,15-16H,1,9-10,13-14,28H2,2-3H3. The van der Waals surface area contributed by atoms with E-state index >= 15 is 0 Å². The first kappa shape index (κ1) is 24.6. The zero-order valence-electron chi connectivity index (χ0n) is 20.2. The van der Waals surface area contributed by atoms with Crippen LogP contribution < -0.4 is 15.2 Å². The number of nitrogens with two attached hydrogens (primary N) is 1. The summed E-state index contributed by atoms with van der Waals surface area (Å²) in [7, 11) is 2.83. The van der Waals surface area contributed by atoms with Crippen molar-refractivity contribution in [2.24, 2.45) is 0 Å². The zero-order valence-corrected chi connectivity index (χ0v) is 20.2. The van der Waals surface area contributed by atoms with Crippen LogP contribution in [0.2, 0.25) is 0 Å². The van der Waals surface area contributed by atoms with Gasteiger partial charge in [0, 0.05) is 36.6 Å². The summed E-state index contributed by atoms with van der Waals surface area (Å²) in [6.45, 7) is 4.61. The maximum atomic E-state index is 13.1. The summed E-state index contributed by atoms with van der Waals surface area (Å²) in [4.78, 5) is 40.6. The number of hydrogen-bond donors (Lipinski definition) is 1. The third kappa shape index (κ3) is 4.81. The minimum Gasteiger partial charge on any atom is -0.494 e. The van der Waals surface area contributed by atoms with Crippen molar-refractivity contribution in [1.82, 2.24) is 19.9 Å². The van der Waals surface area contributed by atoms with Gasteiger partial charge in [0.2, 0.25) is 5.88 Å². The molecule has 0 saturated carbocycles. The monoisotopic (exact) mass is 485 g/mol. The smallest absolute Gasteiger partial charge is 0.294 e. The molecule has 1 amide bonds. The van der Waals surface area contributed by atoms with Crippen molar-refractivity contribution in [2.75, 3.05) is 33.0 Å². The number of likely N-dealkylation sites (tertiary alicyclic amines) is 1. The van der Waals surface area contributed by atoms with Gasteiger partial charge < -0.3 is 20.1 Å². The number of methoxy groups -OCH3 is 2. The van der Waals surface area contributed by atoms with Gasteiger partial charge in [-0.3, -0.25) is 19.6 Å². The minimum absolute atomic E-state index is 0.0686. The van der Waals surface area contributed by atoms with E-state index in [9.17, 15) is 9.59 Å². The Balaban J connectivity index is 1.56. The molecular formula is C27H27N5O4. The van der Waals surface area contributed by atoms with Gasteiger partial charge in [0.1, 0.15) is 11.4 Å². The Morgan fingerprint density at radius 2 is 1.72 bits per heavy atom. The number of benzene rings is 1. The van der Waals surface area contributed by atoms with E-state index in [1.54, 1.807) is 18.6 Å². The summed E-state index contributed by atoms with van der Waals surface area (Å²) in [6, 6.07) is 9.97. The summed E-state index contributed by atoms with van der Waals surface area (Å²) in [5.74, 6) is -1.04. The number of ketones is 1. The normalized spacial score (nSPS) is 13.2. The van der Waals surface area contributed by atoms with Gasteiger partial charge in [0.25, 0.3) is 11.7 Å². The zero-order chi connectivity index (χ0) is 25.7. The number of anilines is 1. The Morgan fingerprint density at radius 1 is 1.00 bits per heavy atom. The highest BCUT2D eigenvalue weighted by molar-refractivity contribution is 6.53. The number of ether oxygens (including phenoxy) is 2. The second-order valence-corrected chi connectivity index (χ2v) is 8.16. The van der Waals surface area contributed by atoms with Crippen LogP contribution >= 0.6 is 0 Å². The van der Waals surface area contributed by atoms with Gasteiger partial charge in [-0.05, 0) is 18.4 Å². The maximum absolute atomic E-state index is 13.1. The molecule has 0 spiro atoms. The van der Waals surface area contributed by atoms with Crippen LogP contribution in [-0.4, -0.2) is 58.9 Å². The van der Waals surface area contributed by atoms with E-state index in [4.69, 9.17) is 15.2 Å². The number of pyridine rings is 1. The predicted molar refractivity (Wildman–Crippen MR) is 136 cm³/mol. The molecule has 184 valence electrons. The fourth-order valence-corrected chi connectivity index (χ4v) is 4.30. The van der Waals surface area contributed by atoms with Crippen LogP contribution in [0, 0.1) is 0 Å². The van der Waals surface area contributed by atoms with E-state index in [1.165, 1.54) is 25.3 Å². The van der Waals surface area contributed by atoms with Gasteiger partial charge in [0.15, 0.2) is 0 Å². The largest absolute Gasteiger partial charge is 0.494 e. The van der Waals surface area contributed by atoms with E-state index in [2.05, 4.69) is 21.5 Å². The van der Waals surface area contributed by atoms with Crippen molar-refractivity contribution >= 4 is 28.5 Å². The summed E-state index contributed by atoms with van der Waals surface area (Å²) in [5.41, 5.74) is 10.3. The number of carbonyl (C=O) groups excluding carboxylic acids is 2. The van der Waals surface area contributed by atoms with Crippen LogP contribution in [0.15, 0.2) is 67.3 Å². The van der Waals surface area contributed by atoms with Gasteiger partial charge in [-0.15, -0.1) is 0 Å². The van der Waals surface area contributed by atoms with Crippen molar-refractivity contribution in [1.29, 1.82) is 0 Å². The molecule has 0 unspecified atom stereocenters. The summed E-state index contributed by atoms with van der Waals surface area (Å²) < 4.78 is 10.4. The van der Waals surface area contributed by atoms with Crippen LogP contribution in [0.25, 0.3) is 11.1 Å². The molecule has 36 heavy (non-hydrogen) atoms. The Hall–Kier alpha value is -4.53. The first-order valence-electron chi connectivity index (χ1n) is 11.4. The van der Waals surface area contributed by atoms with Gasteiger partial charge >= 0.3 is 0 Å². The molecule has 4 rings (SSSR count). The molecule has 0 radical (unpaired) electrons. The SMILES string of the molecule is C=C(C(=O)C(=O)N1CCC(=C(c2ccccc2)c2cnccn2)CC1)c1c(OC)cnc(OC)c1N. The van der Waals surface area contributed by atoms with Gasteiger partial charge in [0.05, 0.1) is 37.9 Å². The van der Waals surface area contributed by atoms with Gasteiger partial charge in [-0.2, -0.15) is 0 Å². The quantitative estimate of drug-likeness (QED) is 0.400. The van der Waals surface area contributed by atoms with E-state index < -0.39 is 11.7 Å². The van der Waals surface area contributed by atoms with Crippen LogP contribution in [0.1, 0.15) is 29.7 Å². The van der Waals surface area contributed by atoms with E-state index in [-0.39, 0.29) is 28.5 Å². The molecule has 1 aliphatic rings. The summed E-state index contributed by atoms with van der Waals surface area (Å²) in [6.07, 6.45) is 7.61. The van der Waals surface area contributed by atoms with Crippen molar-refractivity contribution in [2.45, 2.75) is 12.8 Å². The van der Waals surface area contributed by atoms with Crippen molar-refractivity contribution in [3.05, 3.63) is 84.1 Å². The van der Waals surface area contributed by atoms with Crippen molar-refractivity contribution < 1.29 is 19.1 Å². The number of carbonyl (C=O) groups is 2. The molecule has 2 N–H and O–H groups in total. The fourth-order valence-electron chi connectivity index (χ4n) is 4.30. The highest BCUT2D eigenvalue weighted by Crippen LogP contribution is 2.36. The molecule has 0 aliphatic carbocycles. The predicted octanol–water partition coefficient (Wildman–Crippen LogP) is 3.18. The number of rotatable bonds is 7. The Bertz CT molecular complexity index is 1270. The minimum atomic E-state index is -0.752. The van der Waals surface area contributed by atoms with Crippen LogP contribution in [0.3, 0.4) is 0 Å². The van der Waals surface area contributed by atoms with Crippen LogP contribution in [0.4, 0.5) is 5.69 Å². The molecule has 3 heterocycles. The lowest BCUT2D eigenvalue weighted by Gasteiger charge is -2.30. The molecule has 0 atom stereocenters.